The predicted octanol–water partition coefficient (Wildman–Crippen LogP) is 2.78. The molecule has 0 aliphatic carbocycles. The lowest BCUT2D eigenvalue weighted by atomic mass is 10.00. The molecule has 2 aromatic carbocycles. The summed E-state index contributed by atoms with van der Waals surface area (Å²) in [5, 5.41) is 3.02. The molecular formula is C19H22N2O. The average Bonchev–Trinajstić information content (AvgIpc) is 2.54. The summed E-state index contributed by atoms with van der Waals surface area (Å²) in [7, 11) is 0. The van der Waals surface area contributed by atoms with Crippen molar-refractivity contribution >= 4 is 5.91 Å². The van der Waals surface area contributed by atoms with Crippen molar-refractivity contribution in [3.8, 4) is 0 Å². The van der Waals surface area contributed by atoms with Crippen LogP contribution in [0, 0.1) is 6.92 Å². The zero-order valence-electron chi connectivity index (χ0n) is 13.0. The maximum atomic E-state index is 12.1. The highest BCUT2D eigenvalue weighted by atomic mass is 16.1. The summed E-state index contributed by atoms with van der Waals surface area (Å²) in [5.74, 6) is 0.0149. The van der Waals surface area contributed by atoms with E-state index in [0.29, 0.717) is 6.54 Å². The quantitative estimate of drug-likeness (QED) is 0.940. The van der Waals surface area contributed by atoms with Gasteiger partial charge in [-0.05, 0) is 36.6 Å². The van der Waals surface area contributed by atoms with Crippen LogP contribution in [0.25, 0.3) is 0 Å². The molecule has 1 amide bonds. The van der Waals surface area contributed by atoms with Gasteiger partial charge in [-0.1, -0.05) is 42.0 Å². The molecule has 3 heteroatoms. The Hall–Kier alpha value is -2.13. The van der Waals surface area contributed by atoms with Crippen LogP contribution < -0.4 is 5.32 Å². The van der Waals surface area contributed by atoms with E-state index < -0.39 is 0 Å². The molecule has 1 aliphatic rings. The van der Waals surface area contributed by atoms with Crippen molar-refractivity contribution in [1.82, 2.24) is 10.2 Å². The van der Waals surface area contributed by atoms with E-state index in [0.717, 1.165) is 37.2 Å². The second-order valence-corrected chi connectivity index (χ2v) is 5.92. The fraction of sp³-hybridized carbons (Fsp3) is 0.316. The second-order valence-electron chi connectivity index (χ2n) is 5.92. The number of nitrogens with zero attached hydrogens (tertiary/aromatic N) is 1. The number of hydrogen-bond donors (Lipinski definition) is 1. The van der Waals surface area contributed by atoms with E-state index in [4.69, 9.17) is 0 Å². The first-order valence-electron chi connectivity index (χ1n) is 7.86. The SMILES string of the molecule is Cc1cccc(C(=O)NCCN2CCc3ccccc3C2)c1. The molecule has 0 spiro atoms. The number of hydrogen-bond acceptors (Lipinski definition) is 2. The minimum Gasteiger partial charge on any atom is -0.351 e. The number of fused-ring (bicyclic) bond motifs is 1. The molecule has 0 fully saturated rings. The largest absolute Gasteiger partial charge is 0.351 e. The van der Waals surface area contributed by atoms with Gasteiger partial charge in [-0.15, -0.1) is 0 Å². The lowest BCUT2D eigenvalue weighted by Gasteiger charge is -2.28. The normalized spacial score (nSPS) is 14.4. The smallest absolute Gasteiger partial charge is 0.251 e. The van der Waals surface area contributed by atoms with Crippen molar-refractivity contribution < 1.29 is 4.79 Å². The molecule has 0 atom stereocenters. The van der Waals surface area contributed by atoms with Crippen LogP contribution in [0.15, 0.2) is 48.5 Å². The molecule has 114 valence electrons. The standard InChI is InChI=1S/C19H22N2O/c1-15-5-4-8-17(13-15)19(22)20-10-12-21-11-9-16-6-2-3-7-18(16)14-21/h2-8,13H,9-12,14H2,1H3,(H,20,22). The molecule has 0 saturated carbocycles. The van der Waals surface area contributed by atoms with Crippen molar-refractivity contribution in [2.24, 2.45) is 0 Å². The van der Waals surface area contributed by atoms with Gasteiger partial charge in [-0.25, -0.2) is 0 Å². The van der Waals surface area contributed by atoms with Gasteiger partial charge in [0.1, 0.15) is 0 Å². The number of rotatable bonds is 4. The average molecular weight is 294 g/mol. The van der Waals surface area contributed by atoms with Crippen molar-refractivity contribution in [1.29, 1.82) is 0 Å². The summed E-state index contributed by atoms with van der Waals surface area (Å²) in [6.07, 6.45) is 1.10. The maximum absolute atomic E-state index is 12.1. The zero-order chi connectivity index (χ0) is 15.4. The van der Waals surface area contributed by atoms with E-state index in [9.17, 15) is 4.79 Å². The van der Waals surface area contributed by atoms with Crippen molar-refractivity contribution in [2.45, 2.75) is 19.9 Å². The van der Waals surface area contributed by atoms with Crippen molar-refractivity contribution in [3.05, 3.63) is 70.8 Å². The van der Waals surface area contributed by atoms with Crippen LogP contribution in [-0.4, -0.2) is 30.4 Å². The highest BCUT2D eigenvalue weighted by Crippen LogP contribution is 2.17. The first-order chi connectivity index (χ1) is 10.7. The predicted molar refractivity (Wildman–Crippen MR) is 88.9 cm³/mol. The molecule has 0 aromatic heterocycles. The van der Waals surface area contributed by atoms with Gasteiger partial charge in [0.15, 0.2) is 0 Å². The second kappa shape index (κ2) is 6.75. The molecule has 3 nitrogen and oxygen atoms in total. The fourth-order valence-electron chi connectivity index (χ4n) is 2.96. The van der Waals surface area contributed by atoms with Crippen LogP contribution in [-0.2, 0) is 13.0 Å². The molecule has 2 aromatic rings. The summed E-state index contributed by atoms with van der Waals surface area (Å²) in [6.45, 7) is 5.64. The summed E-state index contributed by atoms with van der Waals surface area (Å²) in [5.41, 5.74) is 4.73. The van der Waals surface area contributed by atoms with Crippen LogP contribution in [0.2, 0.25) is 0 Å². The van der Waals surface area contributed by atoms with Gasteiger partial charge < -0.3 is 5.32 Å². The first-order valence-corrected chi connectivity index (χ1v) is 7.86. The van der Waals surface area contributed by atoms with Crippen LogP contribution in [0.5, 0.6) is 0 Å². The summed E-state index contributed by atoms with van der Waals surface area (Å²) in [4.78, 5) is 14.5. The minimum atomic E-state index is 0.0149. The molecule has 3 rings (SSSR count). The number of benzene rings is 2. The highest BCUT2D eigenvalue weighted by Gasteiger charge is 2.15. The summed E-state index contributed by atoms with van der Waals surface area (Å²) in [6, 6.07) is 16.3. The topological polar surface area (TPSA) is 32.3 Å². The lowest BCUT2D eigenvalue weighted by molar-refractivity contribution is 0.0947. The van der Waals surface area contributed by atoms with E-state index in [1.54, 1.807) is 0 Å². The zero-order valence-corrected chi connectivity index (χ0v) is 13.0. The molecule has 22 heavy (non-hydrogen) atoms. The number of carbonyl (C=O) groups is 1. The maximum Gasteiger partial charge on any atom is 0.251 e. The molecule has 0 saturated heterocycles. The van der Waals surface area contributed by atoms with E-state index in [1.165, 1.54) is 11.1 Å². The fourth-order valence-corrected chi connectivity index (χ4v) is 2.96. The minimum absolute atomic E-state index is 0.0149. The molecule has 0 radical (unpaired) electrons. The van der Waals surface area contributed by atoms with Gasteiger partial charge in [-0.3, -0.25) is 9.69 Å². The monoisotopic (exact) mass is 294 g/mol. The Bertz CT molecular complexity index is 666. The third-order valence-corrected chi connectivity index (χ3v) is 4.20. The van der Waals surface area contributed by atoms with E-state index >= 15 is 0 Å². The Balaban J connectivity index is 1.49. The molecule has 1 N–H and O–H groups in total. The number of aryl methyl sites for hydroxylation is 1. The van der Waals surface area contributed by atoms with Gasteiger partial charge in [0.05, 0.1) is 0 Å². The lowest BCUT2D eigenvalue weighted by Crippen LogP contribution is -2.37. The van der Waals surface area contributed by atoms with Crippen molar-refractivity contribution in [2.75, 3.05) is 19.6 Å². The van der Waals surface area contributed by atoms with Crippen LogP contribution in [0.4, 0.5) is 0 Å². The number of carbonyl (C=O) groups excluding carboxylic acids is 1. The Morgan fingerprint density at radius 1 is 1.14 bits per heavy atom. The van der Waals surface area contributed by atoms with Crippen molar-refractivity contribution in [3.63, 3.8) is 0 Å². The third-order valence-electron chi connectivity index (χ3n) is 4.20. The van der Waals surface area contributed by atoms with E-state index in [1.807, 2.05) is 31.2 Å². The Morgan fingerprint density at radius 2 is 1.95 bits per heavy atom. The Morgan fingerprint density at radius 3 is 2.77 bits per heavy atom. The van der Waals surface area contributed by atoms with E-state index in [2.05, 4.69) is 34.5 Å². The molecule has 1 aliphatic heterocycles. The summed E-state index contributed by atoms with van der Waals surface area (Å²) < 4.78 is 0. The van der Waals surface area contributed by atoms with Gasteiger partial charge >= 0.3 is 0 Å². The first kappa shape index (κ1) is 14.8. The van der Waals surface area contributed by atoms with Gasteiger partial charge in [0, 0.05) is 31.7 Å². The molecule has 0 bridgehead atoms. The van der Waals surface area contributed by atoms with E-state index in [-0.39, 0.29) is 5.91 Å². The van der Waals surface area contributed by atoms with Crippen LogP contribution in [0.3, 0.4) is 0 Å². The Labute approximate surface area is 132 Å². The number of nitrogens with one attached hydrogen (secondary N) is 1. The highest BCUT2D eigenvalue weighted by molar-refractivity contribution is 5.94. The number of amides is 1. The van der Waals surface area contributed by atoms with Gasteiger partial charge in [0.25, 0.3) is 5.91 Å². The molecule has 0 unspecified atom stereocenters. The van der Waals surface area contributed by atoms with Gasteiger partial charge in [-0.2, -0.15) is 0 Å². The van der Waals surface area contributed by atoms with Crippen LogP contribution in [0.1, 0.15) is 27.0 Å². The third kappa shape index (κ3) is 3.55. The Kier molecular flexibility index (Phi) is 4.54. The molecular weight excluding hydrogens is 272 g/mol. The molecule has 1 heterocycles. The van der Waals surface area contributed by atoms with Crippen LogP contribution >= 0.6 is 0 Å². The van der Waals surface area contributed by atoms with Gasteiger partial charge in [0.2, 0.25) is 0 Å². The summed E-state index contributed by atoms with van der Waals surface area (Å²) >= 11 is 0.